The van der Waals surface area contributed by atoms with E-state index >= 15 is 0 Å². The maximum Gasteiger partial charge on any atom is 0.128 e. The molecule has 0 radical (unpaired) electrons. The molecule has 0 aromatic carbocycles. The number of aromatic nitrogens is 3. The predicted molar refractivity (Wildman–Crippen MR) is 76.8 cm³/mol. The van der Waals surface area contributed by atoms with Gasteiger partial charge in [0, 0.05) is 36.0 Å². The highest BCUT2D eigenvalue weighted by atomic mass is 16.5. The molecule has 0 fully saturated rings. The molecular formula is C15H21N3O2. The molecule has 1 atom stereocenters. The summed E-state index contributed by atoms with van der Waals surface area (Å²) in [4.78, 5) is 8.51. The van der Waals surface area contributed by atoms with Gasteiger partial charge in [0.15, 0.2) is 0 Å². The summed E-state index contributed by atoms with van der Waals surface area (Å²) < 4.78 is 7.33. The standard InChI is InChI=1S/C15H21N3O2/c1-5-18-9-16-8-13(18)14(19)6-12-11(3)15(20-4)10(2)7-17-12/h7-9,14,19H,5-6H2,1-4H3. The second kappa shape index (κ2) is 6.05. The predicted octanol–water partition coefficient (Wildman–Crippen LogP) is 2.20. The third kappa shape index (κ3) is 2.67. The maximum atomic E-state index is 10.4. The van der Waals surface area contributed by atoms with Crippen LogP contribution in [0.25, 0.3) is 0 Å². The highest BCUT2D eigenvalue weighted by Gasteiger charge is 2.17. The Morgan fingerprint density at radius 1 is 1.35 bits per heavy atom. The average Bonchev–Trinajstić information content (AvgIpc) is 2.91. The molecule has 0 spiro atoms. The van der Waals surface area contributed by atoms with Crippen LogP contribution in [0.5, 0.6) is 5.75 Å². The highest BCUT2D eigenvalue weighted by Crippen LogP contribution is 2.27. The van der Waals surface area contributed by atoms with E-state index in [0.717, 1.165) is 34.8 Å². The van der Waals surface area contributed by atoms with Crippen LogP contribution in [0, 0.1) is 13.8 Å². The van der Waals surface area contributed by atoms with Gasteiger partial charge in [-0.1, -0.05) is 0 Å². The number of imidazole rings is 1. The zero-order chi connectivity index (χ0) is 14.7. The van der Waals surface area contributed by atoms with Gasteiger partial charge < -0.3 is 14.4 Å². The lowest BCUT2D eigenvalue weighted by Gasteiger charge is -2.16. The summed E-state index contributed by atoms with van der Waals surface area (Å²) in [5.41, 5.74) is 3.65. The molecular weight excluding hydrogens is 254 g/mol. The lowest BCUT2D eigenvalue weighted by atomic mass is 10.0. The number of hydrogen-bond acceptors (Lipinski definition) is 4. The molecule has 1 unspecified atom stereocenters. The lowest BCUT2D eigenvalue weighted by molar-refractivity contribution is 0.167. The minimum absolute atomic E-state index is 0.453. The largest absolute Gasteiger partial charge is 0.496 e. The molecule has 108 valence electrons. The van der Waals surface area contributed by atoms with E-state index in [-0.39, 0.29) is 0 Å². The van der Waals surface area contributed by atoms with Crippen LogP contribution < -0.4 is 4.74 Å². The summed E-state index contributed by atoms with van der Waals surface area (Å²) >= 11 is 0. The van der Waals surface area contributed by atoms with E-state index in [1.807, 2.05) is 25.3 Å². The zero-order valence-corrected chi connectivity index (χ0v) is 12.4. The molecule has 2 aromatic heterocycles. The van der Waals surface area contributed by atoms with Crippen LogP contribution >= 0.6 is 0 Å². The van der Waals surface area contributed by atoms with Crippen molar-refractivity contribution in [2.24, 2.45) is 0 Å². The van der Waals surface area contributed by atoms with Crippen molar-refractivity contribution in [3.63, 3.8) is 0 Å². The molecule has 1 N–H and O–H groups in total. The molecule has 0 aliphatic heterocycles. The molecule has 2 aromatic rings. The Labute approximate surface area is 119 Å². The van der Waals surface area contributed by atoms with Gasteiger partial charge in [-0.25, -0.2) is 4.98 Å². The molecule has 0 aliphatic rings. The SMILES string of the molecule is CCn1cncc1C(O)Cc1ncc(C)c(OC)c1C. The molecule has 0 saturated carbocycles. The number of pyridine rings is 1. The fourth-order valence-electron chi connectivity index (χ4n) is 2.44. The smallest absolute Gasteiger partial charge is 0.128 e. The monoisotopic (exact) mass is 275 g/mol. The molecule has 20 heavy (non-hydrogen) atoms. The normalized spacial score (nSPS) is 12.4. The third-order valence-corrected chi connectivity index (χ3v) is 3.56. The summed E-state index contributed by atoms with van der Waals surface area (Å²) in [7, 11) is 1.65. The number of ether oxygens (including phenoxy) is 1. The molecule has 0 aliphatic carbocycles. The van der Waals surface area contributed by atoms with Crippen molar-refractivity contribution in [1.82, 2.24) is 14.5 Å². The van der Waals surface area contributed by atoms with E-state index in [9.17, 15) is 5.11 Å². The molecule has 5 heteroatoms. The zero-order valence-electron chi connectivity index (χ0n) is 12.4. The van der Waals surface area contributed by atoms with Crippen LogP contribution in [0.15, 0.2) is 18.7 Å². The van der Waals surface area contributed by atoms with Crippen LogP contribution in [0.3, 0.4) is 0 Å². The van der Waals surface area contributed by atoms with E-state index < -0.39 is 6.10 Å². The van der Waals surface area contributed by atoms with E-state index in [4.69, 9.17) is 4.74 Å². The Hall–Kier alpha value is -1.88. The first-order chi connectivity index (χ1) is 9.58. The highest BCUT2D eigenvalue weighted by molar-refractivity contribution is 5.41. The van der Waals surface area contributed by atoms with Crippen molar-refractivity contribution in [1.29, 1.82) is 0 Å². The van der Waals surface area contributed by atoms with Crippen molar-refractivity contribution in [3.05, 3.63) is 41.2 Å². The summed E-state index contributed by atoms with van der Waals surface area (Å²) in [6.45, 7) is 6.75. The van der Waals surface area contributed by atoms with Crippen molar-refractivity contribution in [3.8, 4) is 5.75 Å². The van der Waals surface area contributed by atoms with Crippen LogP contribution in [0.1, 0.15) is 35.5 Å². The fraction of sp³-hybridized carbons (Fsp3) is 0.467. The Morgan fingerprint density at radius 2 is 2.10 bits per heavy atom. The van der Waals surface area contributed by atoms with E-state index in [2.05, 4.69) is 9.97 Å². The quantitative estimate of drug-likeness (QED) is 0.908. The number of rotatable bonds is 5. The summed E-state index contributed by atoms with van der Waals surface area (Å²) in [5, 5.41) is 10.4. The van der Waals surface area contributed by atoms with Gasteiger partial charge in [-0.05, 0) is 20.8 Å². The van der Waals surface area contributed by atoms with Crippen LogP contribution in [-0.2, 0) is 13.0 Å². The Morgan fingerprint density at radius 3 is 2.75 bits per heavy atom. The average molecular weight is 275 g/mol. The van der Waals surface area contributed by atoms with Gasteiger partial charge in [0.2, 0.25) is 0 Å². The minimum Gasteiger partial charge on any atom is -0.496 e. The third-order valence-electron chi connectivity index (χ3n) is 3.56. The van der Waals surface area contributed by atoms with E-state index in [1.54, 1.807) is 25.8 Å². The second-order valence-corrected chi connectivity index (χ2v) is 4.87. The van der Waals surface area contributed by atoms with Crippen molar-refractivity contribution in [2.45, 2.75) is 39.8 Å². The van der Waals surface area contributed by atoms with Gasteiger partial charge in [-0.3, -0.25) is 4.98 Å². The van der Waals surface area contributed by atoms with Gasteiger partial charge in [-0.2, -0.15) is 0 Å². The number of aryl methyl sites for hydroxylation is 2. The Kier molecular flexibility index (Phi) is 4.39. The molecule has 2 heterocycles. The molecule has 0 bridgehead atoms. The summed E-state index contributed by atoms with van der Waals surface area (Å²) in [6, 6.07) is 0. The topological polar surface area (TPSA) is 60.2 Å². The molecule has 2 rings (SSSR count). The van der Waals surface area contributed by atoms with Crippen molar-refractivity contribution < 1.29 is 9.84 Å². The maximum absolute atomic E-state index is 10.4. The van der Waals surface area contributed by atoms with Crippen LogP contribution in [-0.4, -0.2) is 26.8 Å². The number of nitrogens with zero attached hydrogens (tertiary/aromatic N) is 3. The fourth-order valence-corrected chi connectivity index (χ4v) is 2.44. The lowest BCUT2D eigenvalue weighted by Crippen LogP contribution is -2.11. The first-order valence-electron chi connectivity index (χ1n) is 6.75. The molecule has 5 nitrogen and oxygen atoms in total. The van der Waals surface area contributed by atoms with Gasteiger partial charge in [-0.15, -0.1) is 0 Å². The van der Waals surface area contributed by atoms with Gasteiger partial charge in [0.05, 0.1) is 25.3 Å². The summed E-state index contributed by atoms with van der Waals surface area (Å²) in [5.74, 6) is 0.839. The number of hydrogen-bond donors (Lipinski definition) is 1. The Bertz CT molecular complexity index is 593. The minimum atomic E-state index is -0.615. The first-order valence-corrected chi connectivity index (χ1v) is 6.75. The van der Waals surface area contributed by atoms with Crippen LogP contribution in [0.4, 0.5) is 0 Å². The Balaban J connectivity index is 2.26. The van der Waals surface area contributed by atoms with Gasteiger partial charge >= 0.3 is 0 Å². The van der Waals surface area contributed by atoms with Crippen molar-refractivity contribution in [2.75, 3.05) is 7.11 Å². The van der Waals surface area contributed by atoms with E-state index in [0.29, 0.717) is 6.42 Å². The van der Waals surface area contributed by atoms with Crippen LogP contribution in [0.2, 0.25) is 0 Å². The molecule has 0 amide bonds. The number of methoxy groups -OCH3 is 1. The number of aliphatic hydroxyl groups excluding tert-OH is 1. The van der Waals surface area contributed by atoms with E-state index in [1.165, 1.54) is 0 Å². The first kappa shape index (κ1) is 14.5. The molecule has 0 saturated heterocycles. The van der Waals surface area contributed by atoms with Gasteiger partial charge in [0.1, 0.15) is 11.9 Å². The van der Waals surface area contributed by atoms with Gasteiger partial charge in [0.25, 0.3) is 0 Å². The van der Waals surface area contributed by atoms with Crippen molar-refractivity contribution >= 4 is 0 Å². The number of aliphatic hydroxyl groups is 1. The second-order valence-electron chi connectivity index (χ2n) is 4.87. The summed E-state index contributed by atoms with van der Waals surface area (Å²) in [6.07, 6.45) is 5.05.